The lowest BCUT2D eigenvalue weighted by molar-refractivity contribution is -0.225. The molecule has 0 aromatic carbocycles. The molecule has 8 heteroatoms. The van der Waals surface area contributed by atoms with Gasteiger partial charge >= 0.3 is 0 Å². The molecule has 0 amide bonds. The summed E-state index contributed by atoms with van der Waals surface area (Å²) >= 11 is 11.9. The lowest BCUT2D eigenvalue weighted by atomic mass is 10.5. The summed E-state index contributed by atoms with van der Waals surface area (Å²) in [5.41, 5.74) is 0. The van der Waals surface area contributed by atoms with Crippen LogP contribution in [-0.4, -0.2) is 28.7 Å². The highest BCUT2D eigenvalue weighted by molar-refractivity contribution is 9.12. The second-order valence-electron chi connectivity index (χ2n) is 2.57. The molecule has 0 rings (SSSR count). The molecule has 3 unspecified atom stereocenters. The molecule has 0 radical (unpaired) electrons. The molecule has 0 bridgehead atoms. The van der Waals surface area contributed by atoms with Gasteiger partial charge in [0, 0.05) is 10.2 Å². The lowest BCUT2D eigenvalue weighted by Crippen LogP contribution is -2.17. The Kier molecular flexibility index (Phi) is 8.34. The van der Waals surface area contributed by atoms with Gasteiger partial charge in [0.1, 0.15) is 0 Å². The van der Waals surface area contributed by atoms with Crippen LogP contribution in [-0.2, 0) is 13.6 Å². The first-order valence-corrected chi connectivity index (χ1v) is 7.75. The van der Waals surface area contributed by atoms with Crippen LogP contribution in [0.15, 0.2) is 0 Å². The Morgan fingerprint density at radius 3 is 2.43 bits per heavy atom. The number of phosphoric ester groups is 1. The fourth-order valence-electron chi connectivity index (χ4n) is 0.448. The summed E-state index contributed by atoms with van der Waals surface area (Å²) in [4.78, 5) is 11.0. The minimum Gasteiger partial charge on any atom is -0.756 e. The van der Waals surface area contributed by atoms with Crippen molar-refractivity contribution in [3.05, 3.63) is 0 Å². The largest absolute Gasteiger partial charge is 0.756 e. The van der Waals surface area contributed by atoms with Gasteiger partial charge in [0.25, 0.3) is 7.82 Å². The Morgan fingerprint density at radius 2 is 2.00 bits per heavy atom. The Morgan fingerprint density at radius 1 is 1.50 bits per heavy atom. The molecule has 0 N–H and O–H groups in total. The van der Waals surface area contributed by atoms with E-state index >= 15 is 0 Å². The Balaban J connectivity index is 3.77. The summed E-state index contributed by atoms with van der Waals surface area (Å²) in [6, 6.07) is 0. The Bertz CT molecular complexity index is 204. The van der Waals surface area contributed by atoms with Gasteiger partial charge in [-0.05, 0) is 6.92 Å². The van der Waals surface area contributed by atoms with Gasteiger partial charge < -0.3 is 13.9 Å². The van der Waals surface area contributed by atoms with Gasteiger partial charge in [-0.2, -0.15) is 0 Å². The first-order chi connectivity index (χ1) is 6.37. The van der Waals surface area contributed by atoms with E-state index in [9.17, 15) is 9.46 Å². The van der Waals surface area contributed by atoms with E-state index < -0.39 is 7.82 Å². The molecule has 86 valence electrons. The van der Waals surface area contributed by atoms with Crippen LogP contribution in [0.4, 0.5) is 0 Å². The fraction of sp³-hybridized carbons (Fsp3) is 1.00. The highest BCUT2D eigenvalue weighted by Crippen LogP contribution is 2.39. The van der Waals surface area contributed by atoms with Crippen LogP contribution < -0.4 is 4.89 Å². The molecule has 0 aliphatic heterocycles. The van der Waals surface area contributed by atoms with E-state index in [1.165, 1.54) is 0 Å². The van der Waals surface area contributed by atoms with Gasteiger partial charge in [0.2, 0.25) is 0 Å². The molecular formula is C6H11Br2ClO4P-. The first-order valence-electron chi connectivity index (χ1n) is 3.81. The van der Waals surface area contributed by atoms with Crippen molar-refractivity contribution in [1.82, 2.24) is 0 Å². The second kappa shape index (κ2) is 7.60. The van der Waals surface area contributed by atoms with E-state index in [0.29, 0.717) is 5.33 Å². The number of alkyl halides is 3. The summed E-state index contributed by atoms with van der Waals surface area (Å²) in [5, 5.41) is 0.232. The van der Waals surface area contributed by atoms with Crippen molar-refractivity contribution < 1.29 is 18.5 Å². The van der Waals surface area contributed by atoms with E-state index in [4.69, 9.17) is 11.6 Å². The molecule has 0 aliphatic rings. The van der Waals surface area contributed by atoms with Gasteiger partial charge in [-0.25, -0.2) is 0 Å². The van der Waals surface area contributed by atoms with Crippen LogP contribution in [0.25, 0.3) is 0 Å². The Hall–Kier alpha value is 1.36. The van der Waals surface area contributed by atoms with Crippen LogP contribution in [0.1, 0.15) is 6.92 Å². The van der Waals surface area contributed by atoms with Crippen molar-refractivity contribution in [1.29, 1.82) is 0 Å². The minimum atomic E-state index is -4.20. The summed E-state index contributed by atoms with van der Waals surface area (Å²) in [6.45, 7) is 1.58. The average Bonchev–Trinajstić information content (AvgIpc) is 2.11. The van der Waals surface area contributed by atoms with Crippen LogP contribution in [0.2, 0.25) is 0 Å². The van der Waals surface area contributed by atoms with Crippen molar-refractivity contribution >= 4 is 51.3 Å². The van der Waals surface area contributed by atoms with E-state index in [0.717, 1.165) is 0 Å². The predicted molar refractivity (Wildman–Crippen MR) is 61.3 cm³/mol. The van der Waals surface area contributed by atoms with Gasteiger partial charge in [0.05, 0.1) is 18.6 Å². The molecule has 14 heavy (non-hydrogen) atoms. The van der Waals surface area contributed by atoms with Crippen LogP contribution in [0, 0.1) is 0 Å². The van der Waals surface area contributed by atoms with Crippen LogP contribution in [0.5, 0.6) is 0 Å². The fourth-order valence-corrected chi connectivity index (χ4v) is 1.97. The molecule has 0 spiro atoms. The summed E-state index contributed by atoms with van der Waals surface area (Å²) in [5.74, 6) is 0. The molecule has 0 heterocycles. The Labute approximate surface area is 105 Å². The predicted octanol–water partition coefficient (Wildman–Crippen LogP) is 2.27. The van der Waals surface area contributed by atoms with Gasteiger partial charge in [-0.3, -0.25) is 4.57 Å². The lowest BCUT2D eigenvalue weighted by Gasteiger charge is -2.24. The summed E-state index contributed by atoms with van der Waals surface area (Å²) in [6.07, 6.45) is 0. The third-order valence-corrected chi connectivity index (χ3v) is 4.34. The molecule has 3 atom stereocenters. The second-order valence-corrected chi connectivity index (χ2v) is 6.67. The van der Waals surface area contributed by atoms with Crippen LogP contribution in [0.3, 0.4) is 0 Å². The average molecular weight is 373 g/mol. The van der Waals surface area contributed by atoms with Gasteiger partial charge in [-0.1, -0.05) is 31.9 Å². The van der Waals surface area contributed by atoms with E-state index in [2.05, 4.69) is 40.9 Å². The number of hydrogen-bond acceptors (Lipinski definition) is 4. The molecule has 0 aromatic rings. The molecule has 0 saturated heterocycles. The first kappa shape index (κ1) is 15.4. The zero-order chi connectivity index (χ0) is 11.2. The molecule has 0 aromatic heterocycles. The highest BCUT2D eigenvalue weighted by Gasteiger charge is 2.13. The number of hydrogen-bond donors (Lipinski definition) is 0. The summed E-state index contributed by atoms with van der Waals surface area (Å²) in [7, 11) is -4.20. The van der Waals surface area contributed by atoms with Crippen molar-refractivity contribution in [2.45, 2.75) is 17.1 Å². The zero-order valence-electron chi connectivity index (χ0n) is 7.49. The molecule has 0 saturated carbocycles. The minimum absolute atomic E-state index is 0.0305. The van der Waals surface area contributed by atoms with Crippen molar-refractivity contribution in [3.63, 3.8) is 0 Å². The van der Waals surface area contributed by atoms with Crippen molar-refractivity contribution in [3.8, 4) is 0 Å². The van der Waals surface area contributed by atoms with Gasteiger partial charge in [0.15, 0.2) is 0 Å². The quantitative estimate of drug-likeness (QED) is 0.507. The third-order valence-electron chi connectivity index (χ3n) is 1.04. The molecular weight excluding hydrogens is 362 g/mol. The molecule has 4 nitrogen and oxygen atoms in total. The standard InChI is InChI=1S/C6H12Br2ClO4P/c1-5(9)3-12-14(10,11)13-4-6(8)2-7/h5-6H,2-4H2,1H3,(H,10,11)/p-1. The van der Waals surface area contributed by atoms with Crippen molar-refractivity contribution in [2.24, 2.45) is 0 Å². The highest BCUT2D eigenvalue weighted by atomic mass is 79.9. The zero-order valence-corrected chi connectivity index (χ0v) is 12.3. The van der Waals surface area contributed by atoms with E-state index in [1.807, 2.05) is 0 Å². The van der Waals surface area contributed by atoms with Crippen molar-refractivity contribution in [2.75, 3.05) is 18.5 Å². The summed E-state index contributed by atoms with van der Waals surface area (Å²) < 4.78 is 20.1. The van der Waals surface area contributed by atoms with Crippen LogP contribution >= 0.6 is 51.3 Å². The number of halogens is 3. The monoisotopic (exact) mass is 371 g/mol. The van der Waals surface area contributed by atoms with Gasteiger partial charge in [-0.15, -0.1) is 11.6 Å². The SMILES string of the molecule is CC(Cl)COP(=O)([O-])OCC(Br)CBr. The maximum Gasteiger partial charge on any atom is 0.267 e. The maximum atomic E-state index is 11.0. The molecule has 0 aliphatic carbocycles. The third kappa shape index (κ3) is 8.65. The number of rotatable bonds is 7. The molecule has 0 fully saturated rings. The normalized spacial score (nSPS) is 20.1. The van der Waals surface area contributed by atoms with E-state index in [-0.39, 0.29) is 23.4 Å². The topological polar surface area (TPSA) is 58.6 Å². The number of phosphoric acid groups is 1. The smallest absolute Gasteiger partial charge is 0.267 e. The maximum absolute atomic E-state index is 11.0. The van der Waals surface area contributed by atoms with E-state index in [1.54, 1.807) is 6.92 Å².